The Labute approximate surface area is 159 Å². The number of anilines is 2. The summed E-state index contributed by atoms with van der Waals surface area (Å²) in [6.07, 6.45) is 0.364. The molecule has 1 aromatic heterocycles. The molecule has 3 aromatic rings. The van der Waals surface area contributed by atoms with Crippen LogP contribution in [0.15, 0.2) is 48.5 Å². The Hall–Kier alpha value is -3.15. The number of nitrogens with one attached hydrogen (secondary N) is 1. The second-order valence-electron chi connectivity index (χ2n) is 6.70. The Kier molecular flexibility index (Phi) is 5.54. The number of carbonyl (C=O) groups is 1. The van der Waals surface area contributed by atoms with Gasteiger partial charge in [0.2, 0.25) is 11.9 Å². The summed E-state index contributed by atoms with van der Waals surface area (Å²) in [5.74, 6) is 0.919. The van der Waals surface area contributed by atoms with Gasteiger partial charge in [-0.25, -0.2) is 0 Å². The minimum atomic E-state index is -0.0914. The summed E-state index contributed by atoms with van der Waals surface area (Å²) >= 11 is 0. The van der Waals surface area contributed by atoms with Gasteiger partial charge in [-0.2, -0.15) is 9.67 Å². The van der Waals surface area contributed by atoms with Gasteiger partial charge in [-0.15, -0.1) is 5.10 Å². The predicted molar refractivity (Wildman–Crippen MR) is 109 cm³/mol. The van der Waals surface area contributed by atoms with E-state index < -0.39 is 0 Å². The molecule has 6 heteroatoms. The zero-order valence-electron chi connectivity index (χ0n) is 16.2. The number of carbonyl (C=O) groups excluding carboxylic acids is 1. The largest absolute Gasteiger partial charge is 0.378 e. The van der Waals surface area contributed by atoms with Crippen LogP contribution in [0.5, 0.6) is 0 Å². The molecule has 0 aliphatic rings. The highest BCUT2D eigenvalue weighted by Crippen LogP contribution is 2.20. The lowest BCUT2D eigenvalue weighted by molar-refractivity contribution is 0.0895. The SMILES string of the molecule is CCC(=O)n1nc(-c2ccc(C)cc2)nc1NCc1ccc(N(C)C)cc1. The van der Waals surface area contributed by atoms with Crippen LogP contribution in [0.1, 0.15) is 29.3 Å². The third-order valence-corrected chi connectivity index (χ3v) is 4.36. The summed E-state index contributed by atoms with van der Waals surface area (Å²) in [7, 11) is 4.03. The molecule has 1 N–H and O–H groups in total. The summed E-state index contributed by atoms with van der Waals surface area (Å²) in [6.45, 7) is 4.42. The molecule has 0 amide bonds. The first-order chi connectivity index (χ1) is 13.0. The Balaban J connectivity index is 1.82. The van der Waals surface area contributed by atoms with E-state index in [-0.39, 0.29) is 5.91 Å². The molecule has 0 aliphatic heterocycles. The maximum absolute atomic E-state index is 12.3. The van der Waals surface area contributed by atoms with Crippen molar-refractivity contribution >= 4 is 17.5 Å². The van der Waals surface area contributed by atoms with Gasteiger partial charge in [0.15, 0.2) is 5.82 Å². The smallest absolute Gasteiger partial charge is 0.249 e. The van der Waals surface area contributed by atoms with Gasteiger partial charge < -0.3 is 10.2 Å². The first-order valence-corrected chi connectivity index (χ1v) is 9.05. The Morgan fingerprint density at radius 2 is 1.74 bits per heavy atom. The molecule has 3 rings (SSSR count). The van der Waals surface area contributed by atoms with E-state index in [2.05, 4.69) is 44.6 Å². The van der Waals surface area contributed by atoms with Crippen LogP contribution in [-0.4, -0.2) is 34.8 Å². The molecule has 0 saturated heterocycles. The fourth-order valence-corrected chi connectivity index (χ4v) is 2.67. The van der Waals surface area contributed by atoms with Crippen molar-refractivity contribution < 1.29 is 4.79 Å². The summed E-state index contributed by atoms with van der Waals surface area (Å²) in [4.78, 5) is 18.9. The van der Waals surface area contributed by atoms with Crippen LogP contribution in [-0.2, 0) is 6.54 Å². The molecule has 0 bridgehead atoms. The minimum absolute atomic E-state index is 0.0914. The maximum Gasteiger partial charge on any atom is 0.249 e. The van der Waals surface area contributed by atoms with Crippen LogP contribution >= 0.6 is 0 Å². The first-order valence-electron chi connectivity index (χ1n) is 9.05. The van der Waals surface area contributed by atoms with Crippen LogP contribution in [0.2, 0.25) is 0 Å². The van der Waals surface area contributed by atoms with Crippen LogP contribution in [0.4, 0.5) is 11.6 Å². The van der Waals surface area contributed by atoms with Gasteiger partial charge in [-0.1, -0.05) is 48.9 Å². The van der Waals surface area contributed by atoms with Crippen molar-refractivity contribution in [2.45, 2.75) is 26.8 Å². The number of aromatic nitrogens is 3. The molecule has 0 unspecified atom stereocenters. The number of aryl methyl sites for hydroxylation is 1. The molecule has 0 aliphatic carbocycles. The highest BCUT2D eigenvalue weighted by atomic mass is 16.2. The van der Waals surface area contributed by atoms with E-state index in [4.69, 9.17) is 0 Å². The highest BCUT2D eigenvalue weighted by molar-refractivity contribution is 5.81. The predicted octanol–water partition coefficient (Wildman–Crippen LogP) is 3.98. The van der Waals surface area contributed by atoms with Crippen molar-refractivity contribution in [3.05, 3.63) is 59.7 Å². The molecule has 0 spiro atoms. The molecule has 0 saturated carbocycles. The first kappa shape index (κ1) is 18.6. The Morgan fingerprint density at radius 1 is 1.07 bits per heavy atom. The van der Waals surface area contributed by atoms with Crippen molar-refractivity contribution in [2.24, 2.45) is 0 Å². The summed E-state index contributed by atoms with van der Waals surface area (Å²) < 4.78 is 1.36. The molecule has 0 atom stereocenters. The summed E-state index contributed by atoms with van der Waals surface area (Å²) in [5.41, 5.74) is 4.31. The maximum atomic E-state index is 12.3. The third kappa shape index (κ3) is 4.34. The van der Waals surface area contributed by atoms with Crippen LogP contribution in [0, 0.1) is 6.92 Å². The van der Waals surface area contributed by atoms with Gasteiger partial charge in [-0.05, 0) is 24.6 Å². The van der Waals surface area contributed by atoms with Gasteiger partial charge in [0.25, 0.3) is 0 Å². The van der Waals surface area contributed by atoms with E-state index in [1.807, 2.05) is 52.2 Å². The molecular formula is C21H25N5O. The molecule has 1 heterocycles. The number of hydrogen-bond acceptors (Lipinski definition) is 5. The lowest BCUT2D eigenvalue weighted by atomic mass is 10.1. The van der Waals surface area contributed by atoms with Gasteiger partial charge in [0, 0.05) is 38.3 Å². The molecule has 140 valence electrons. The van der Waals surface area contributed by atoms with Crippen molar-refractivity contribution in [3.8, 4) is 11.4 Å². The molecule has 2 aromatic carbocycles. The highest BCUT2D eigenvalue weighted by Gasteiger charge is 2.16. The van der Waals surface area contributed by atoms with E-state index >= 15 is 0 Å². The van der Waals surface area contributed by atoms with Crippen molar-refractivity contribution in [3.63, 3.8) is 0 Å². The Bertz CT molecular complexity index is 911. The molecule has 0 fully saturated rings. The minimum Gasteiger partial charge on any atom is -0.378 e. The third-order valence-electron chi connectivity index (χ3n) is 4.36. The molecule has 0 radical (unpaired) electrons. The van der Waals surface area contributed by atoms with Crippen molar-refractivity contribution in [2.75, 3.05) is 24.3 Å². The summed E-state index contributed by atoms with van der Waals surface area (Å²) in [6, 6.07) is 16.2. The average Bonchev–Trinajstić information content (AvgIpc) is 3.11. The number of nitrogens with zero attached hydrogens (tertiary/aromatic N) is 4. The second-order valence-corrected chi connectivity index (χ2v) is 6.70. The summed E-state index contributed by atoms with van der Waals surface area (Å²) in [5, 5.41) is 7.67. The molecule has 27 heavy (non-hydrogen) atoms. The van der Waals surface area contributed by atoms with Crippen molar-refractivity contribution in [1.29, 1.82) is 0 Å². The number of rotatable bonds is 6. The van der Waals surface area contributed by atoms with Crippen molar-refractivity contribution in [1.82, 2.24) is 14.8 Å². The van der Waals surface area contributed by atoms with Gasteiger partial charge >= 0.3 is 0 Å². The lowest BCUT2D eigenvalue weighted by Crippen LogP contribution is -2.15. The molecular weight excluding hydrogens is 338 g/mol. The van der Waals surface area contributed by atoms with E-state index in [0.717, 1.165) is 16.8 Å². The van der Waals surface area contributed by atoms with E-state index in [0.29, 0.717) is 24.7 Å². The van der Waals surface area contributed by atoms with Crippen LogP contribution < -0.4 is 10.2 Å². The fraction of sp³-hybridized carbons (Fsp3) is 0.286. The number of benzene rings is 2. The van der Waals surface area contributed by atoms with Crippen LogP contribution in [0.3, 0.4) is 0 Å². The monoisotopic (exact) mass is 363 g/mol. The Morgan fingerprint density at radius 3 is 2.33 bits per heavy atom. The van der Waals surface area contributed by atoms with Gasteiger partial charge in [0.1, 0.15) is 0 Å². The second kappa shape index (κ2) is 8.03. The van der Waals surface area contributed by atoms with E-state index in [1.54, 1.807) is 0 Å². The standard InChI is InChI=1S/C21H25N5O/c1-5-19(27)26-21(22-14-16-8-12-18(13-9-16)25(3)4)23-20(24-26)17-10-6-15(2)7-11-17/h6-13H,5,14H2,1-4H3,(H,22,23,24). The van der Waals surface area contributed by atoms with Gasteiger partial charge in [-0.3, -0.25) is 4.79 Å². The zero-order chi connectivity index (χ0) is 19.4. The topological polar surface area (TPSA) is 63.1 Å². The van der Waals surface area contributed by atoms with Crippen LogP contribution in [0.25, 0.3) is 11.4 Å². The molecule has 6 nitrogen and oxygen atoms in total. The quantitative estimate of drug-likeness (QED) is 0.718. The van der Waals surface area contributed by atoms with E-state index in [1.165, 1.54) is 10.2 Å². The fourth-order valence-electron chi connectivity index (χ4n) is 2.67. The zero-order valence-corrected chi connectivity index (χ0v) is 16.2. The average molecular weight is 363 g/mol. The van der Waals surface area contributed by atoms with E-state index in [9.17, 15) is 4.79 Å². The lowest BCUT2D eigenvalue weighted by Gasteiger charge is -2.13. The van der Waals surface area contributed by atoms with Gasteiger partial charge in [0.05, 0.1) is 0 Å². The normalized spacial score (nSPS) is 10.7. The number of hydrogen-bond donors (Lipinski definition) is 1.